The summed E-state index contributed by atoms with van der Waals surface area (Å²) >= 11 is 0. The number of hydrogen-bond donors (Lipinski definition) is 1. The lowest BCUT2D eigenvalue weighted by Gasteiger charge is -2.24. The number of benzene rings is 2. The normalized spacial score (nSPS) is 10.0. The van der Waals surface area contributed by atoms with Gasteiger partial charge in [0, 0.05) is 12.7 Å². The minimum absolute atomic E-state index is 0.408. The highest BCUT2D eigenvalue weighted by molar-refractivity contribution is 5.98. The van der Waals surface area contributed by atoms with Gasteiger partial charge in [-0.2, -0.15) is 0 Å². The van der Waals surface area contributed by atoms with Crippen molar-refractivity contribution in [2.75, 3.05) is 31.9 Å². The Labute approximate surface area is 123 Å². The van der Waals surface area contributed by atoms with Crippen molar-refractivity contribution in [3.63, 3.8) is 0 Å². The molecule has 0 aromatic heterocycles. The molecule has 5 heteroatoms. The number of carbonyl (C=O) groups excluding carboxylic acids is 1. The molecular formula is C16H18N2O3. The summed E-state index contributed by atoms with van der Waals surface area (Å²) in [6.07, 6.45) is 0. The lowest BCUT2D eigenvalue weighted by Crippen LogP contribution is -2.16. The molecule has 0 heterocycles. The fourth-order valence-corrected chi connectivity index (χ4v) is 2.16. The average molecular weight is 286 g/mol. The summed E-state index contributed by atoms with van der Waals surface area (Å²) < 4.78 is 10.2. The first kappa shape index (κ1) is 14.7. The number of methoxy groups -OCH3 is 2. The van der Waals surface area contributed by atoms with Crippen LogP contribution in [0.3, 0.4) is 0 Å². The lowest BCUT2D eigenvalue weighted by atomic mass is 10.1. The maximum absolute atomic E-state index is 11.9. The van der Waals surface area contributed by atoms with E-state index in [1.807, 2.05) is 36.2 Å². The smallest absolute Gasteiger partial charge is 0.340 e. The van der Waals surface area contributed by atoms with Crippen LogP contribution in [0.2, 0.25) is 0 Å². The molecule has 2 rings (SSSR count). The van der Waals surface area contributed by atoms with Gasteiger partial charge in [0.1, 0.15) is 5.75 Å². The molecule has 0 unspecified atom stereocenters. The average Bonchev–Trinajstić information content (AvgIpc) is 2.53. The minimum Gasteiger partial charge on any atom is -0.495 e. The van der Waals surface area contributed by atoms with Gasteiger partial charge in [-0.05, 0) is 30.3 Å². The largest absolute Gasteiger partial charge is 0.495 e. The molecule has 5 nitrogen and oxygen atoms in total. The van der Waals surface area contributed by atoms with E-state index in [0.29, 0.717) is 22.7 Å². The van der Waals surface area contributed by atoms with Gasteiger partial charge in [-0.25, -0.2) is 4.79 Å². The molecule has 0 spiro atoms. The first-order valence-corrected chi connectivity index (χ1v) is 6.43. The number of nitrogens with zero attached hydrogens (tertiary/aromatic N) is 1. The summed E-state index contributed by atoms with van der Waals surface area (Å²) in [5, 5.41) is 0. The van der Waals surface area contributed by atoms with E-state index in [4.69, 9.17) is 15.2 Å². The van der Waals surface area contributed by atoms with Gasteiger partial charge in [-0.3, -0.25) is 0 Å². The van der Waals surface area contributed by atoms with Crippen LogP contribution >= 0.6 is 0 Å². The van der Waals surface area contributed by atoms with Gasteiger partial charge in [0.15, 0.2) is 0 Å². The Bertz CT molecular complexity index is 656. The second-order valence-corrected chi connectivity index (χ2v) is 4.50. The van der Waals surface area contributed by atoms with Crippen molar-refractivity contribution < 1.29 is 14.3 Å². The summed E-state index contributed by atoms with van der Waals surface area (Å²) in [6, 6.07) is 12.7. The molecule has 21 heavy (non-hydrogen) atoms. The van der Waals surface area contributed by atoms with E-state index in [9.17, 15) is 4.79 Å². The minimum atomic E-state index is -0.431. The predicted octanol–water partition coefficient (Wildman–Crippen LogP) is 2.83. The fourth-order valence-electron chi connectivity index (χ4n) is 2.16. The fraction of sp³-hybridized carbons (Fsp3) is 0.188. The van der Waals surface area contributed by atoms with E-state index in [-0.39, 0.29) is 0 Å². The zero-order valence-corrected chi connectivity index (χ0v) is 12.3. The topological polar surface area (TPSA) is 64.8 Å². The number of carbonyl (C=O) groups is 1. The van der Waals surface area contributed by atoms with Crippen molar-refractivity contribution in [3.8, 4) is 5.75 Å². The Kier molecular flexibility index (Phi) is 4.33. The molecule has 0 radical (unpaired) electrons. The summed E-state index contributed by atoms with van der Waals surface area (Å²) in [6.45, 7) is 0. The summed E-state index contributed by atoms with van der Waals surface area (Å²) in [5.74, 6) is 0.284. The Morgan fingerprint density at radius 1 is 1.10 bits per heavy atom. The zero-order chi connectivity index (χ0) is 15.4. The van der Waals surface area contributed by atoms with Crippen molar-refractivity contribution in [1.82, 2.24) is 0 Å². The molecular weight excluding hydrogens is 268 g/mol. The van der Waals surface area contributed by atoms with Gasteiger partial charge < -0.3 is 20.1 Å². The molecule has 0 bridgehead atoms. The van der Waals surface area contributed by atoms with Gasteiger partial charge in [0.2, 0.25) is 0 Å². The predicted molar refractivity (Wildman–Crippen MR) is 83.3 cm³/mol. The highest BCUT2D eigenvalue weighted by atomic mass is 16.5. The van der Waals surface area contributed by atoms with Crippen LogP contribution in [-0.4, -0.2) is 27.2 Å². The summed E-state index contributed by atoms with van der Waals surface area (Å²) in [4.78, 5) is 13.8. The summed E-state index contributed by atoms with van der Waals surface area (Å²) in [7, 11) is 4.81. The van der Waals surface area contributed by atoms with Crippen molar-refractivity contribution >= 4 is 23.0 Å². The van der Waals surface area contributed by atoms with E-state index in [1.165, 1.54) is 7.11 Å². The second kappa shape index (κ2) is 6.17. The van der Waals surface area contributed by atoms with Crippen molar-refractivity contribution in [2.45, 2.75) is 0 Å². The number of hydrogen-bond acceptors (Lipinski definition) is 5. The molecule has 2 aromatic carbocycles. The molecule has 0 saturated heterocycles. The molecule has 0 aliphatic carbocycles. The van der Waals surface area contributed by atoms with E-state index >= 15 is 0 Å². The van der Waals surface area contributed by atoms with Gasteiger partial charge in [0.25, 0.3) is 0 Å². The van der Waals surface area contributed by atoms with Crippen LogP contribution in [0.1, 0.15) is 10.4 Å². The number of para-hydroxylation sites is 2. The van der Waals surface area contributed by atoms with E-state index in [2.05, 4.69) is 0 Å². The Morgan fingerprint density at radius 3 is 2.48 bits per heavy atom. The number of ether oxygens (including phenoxy) is 2. The van der Waals surface area contributed by atoms with Crippen molar-refractivity contribution in [1.29, 1.82) is 0 Å². The summed E-state index contributed by atoms with van der Waals surface area (Å²) in [5.41, 5.74) is 8.22. The molecule has 0 saturated carbocycles. The third-order valence-electron chi connectivity index (χ3n) is 3.23. The highest BCUT2D eigenvalue weighted by Crippen LogP contribution is 2.34. The SMILES string of the molecule is COC(=O)c1cc(N)ccc1N(C)c1ccccc1OC. The maximum Gasteiger partial charge on any atom is 0.340 e. The van der Waals surface area contributed by atoms with Crippen LogP contribution in [-0.2, 0) is 4.74 Å². The van der Waals surface area contributed by atoms with Gasteiger partial charge in [0.05, 0.1) is 31.2 Å². The highest BCUT2D eigenvalue weighted by Gasteiger charge is 2.18. The molecule has 0 fully saturated rings. The van der Waals surface area contributed by atoms with E-state index < -0.39 is 5.97 Å². The monoisotopic (exact) mass is 286 g/mol. The number of nitrogens with two attached hydrogens (primary N) is 1. The molecule has 0 atom stereocenters. The molecule has 2 aromatic rings. The van der Waals surface area contributed by atoms with E-state index in [1.54, 1.807) is 25.3 Å². The molecule has 0 amide bonds. The second-order valence-electron chi connectivity index (χ2n) is 4.50. The van der Waals surface area contributed by atoms with Gasteiger partial charge >= 0.3 is 5.97 Å². The molecule has 2 N–H and O–H groups in total. The molecule has 0 aliphatic rings. The van der Waals surface area contributed by atoms with Crippen LogP contribution in [0.4, 0.5) is 17.1 Å². The number of esters is 1. The molecule has 110 valence electrons. The van der Waals surface area contributed by atoms with Crippen molar-refractivity contribution in [2.24, 2.45) is 0 Å². The van der Waals surface area contributed by atoms with Gasteiger partial charge in [-0.15, -0.1) is 0 Å². The van der Waals surface area contributed by atoms with Crippen LogP contribution < -0.4 is 15.4 Å². The number of rotatable bonds is 4. The first-order chi connectivity index (χ1) is 10.1. The quantitative estimate of drug-likeness (QED) is 0.691. The maximum atomic E-state index is 11.9. The van der Waals surface area contributed by atoms with Crippen LogP contribution in [0, 0.1) is 0 Å². The molecule has 0 aliphatic heterocycles. The zero-order valence-electron chi connectivity index (χ0n) is 12.3. The van der Waals surface area contributed by atoms with Crippen LogP contribution in [0.5, 0.6) is 5.75 Å². The Balaban J connectivity index is 2.53. The third-order valence-corrected chi connectivity index (χ3v) is 3.23. The first-order valence-electron chi connectivity index (χ1n) is 6.43. The van der Waals surface area contributed by atoms with Crippen molar-refractivity contribution in [3.05, 3.63) is 48.0 Å². The van der Waals surface area contributed by atoms with E-state index in [0.717, 1.165) is 5.69 Å². The van der Waals surface area contributed by atoms with Gasteiger partial charge in [-0.1, -0.05) is 12.1 Å². The Hall–Kier alpha value is -2.69. The number of nitrogen functional groups attached to an aromatic ring is 1. The van der Waals surface area contributed by atoms with Crippen LogP contribution in [0.25, 0.3) is 0 Å². The Morgan fingerprint density at radius 2 is 1.81 bits per heavy atom. The number of anilines is 3. The van der Waals surface area contributed by atoms with Crippen LogP contribution in [0.15, 0.2) is 42.5 Å². The third kappa shape index (κ3) is 2.91. The standard InChI is InChI=1S/C16H18N2O3/c1-18(14-6-4-5-7-15(14)20-2)13-9-8-11(17)10-12(13)16(19)21-3/h4-10H,17H2,1-3H3. The lowest BCUT2D eigenvalue weighted by molar-refractivity contribution is 0.0601.